The van der Waals surface area contributed by atoms with Crippen LogP contribution in [0, 0.1) is 6.92 Å². The van der Waals surface area contributed by atoms with Crippen LogP contribution in [-0.4, -0.2) is 21.2 Å². The zero-order valence-corrected chi connectivity index (χ0v) is 11.3. The van der Waals surface area contributed by atoms with Crippen molar-refractivity contribution in [2.24, 2.45) is 0 Å². The minimum Gasteiger partial charge on any atom is -0.475 e. The molecule has 7 heteroatoms. The molecule has 0 saturated heterocycles. The molecule has 21 heavy (non-hydrogen) atoms. The Morgan fingerprint density at radius 2 is 2.19 bits per heavy atom. The summed E-state index contributed by atoms with van der Waals surface area (Å²) in [5.74, 6) is 0.00644. The number of aromatic carboxylic acids is 1. The number of nitrogens with zero attached hydrogens (tertiary/aromatic N) is 2. The molecule has 0 unspecified atom stereocenters. The fourth-order valence-corrected chi connectivity index (χ4v) is 2.03. The van der Waals surface area contributed by atoms with Crippen LogP contribution in [-0.2, 0) is 13.1 Å². The number of carbonyl (C=O) groups is 1. The standard InChI is InChI=1S/C14H13N3O4/c1-8-16-13(21-17-8)7-15-6-9-2-3-11-10(4-9)5-12(20-11)14(18)19/h2-5,15H,6-7H2,1H3,(H,18,19). The molecule has 0 aliphatic rings. The zero-order valence-electron chi connectivity index (χ0n) is 11.3. The van der Waals surface area contributed by atoms with Crippen molar-refractivity contribution >= 4 is 16.9 Å². The fourth-order valence-electron chi connectivity index (χ4n) is 2.03. The maximum absolute atomic E-state index is 10.9. The molecule has 3 aromatic rings. The summed E-state index contributed by atoms with van der Waals surface area (Å²) in [6.07, 6.45) is 0. The van der Waals surface area contributed by atoms with Crippen molar-refractivity contribution in [3.8, 4) is 0 Å². The molecule has 2 N–H and O–H groups in total. The SMILES string of the molecule is Cc1noc(CNCc2ccc3oc(C(=O)O)cc3c2)n1. The smallest absolute Gasteiger partial charge is 0.371 e. The van der Waals surface area contributed by atoms with Crippen molar-refractivity contribution in [2.45, 2.75) is 20.0 Å². The summed E-state index contributed by atoms with van der Waals surface area (Å²) in [6, 6.07) is 7.04. The zero-order chi connectivity index (χ0) is 14.8. The first kappa shape index (κ1) is 13.3. The van der Waals surface area contributed by atoms with Crippen molar-refractivity contribution in [2.75, 3.05) is 0 Å². The molecule has 0 amide bonds. The fraction of sp³-hybridized carbons (Fsp3) is 0.214. The van der Waals surface area contributed by atoms with Gasteiger partial charge in [0.2, 0.25) is 11.7 Å². The summed E-state index contributed by atoms with van der Waals surface area (Å²) >= 11 is 0. The first-order valence-electron chi connectivity index (χ1n) is 6.37. The van der Waals surface area contributed by atoms with Crippen LogP contribution in [0.5, 0.6) is 0 Å². The highest BCUT2D eigenvalue weighted by Crippen LogP contribution is 2.20. The van der Waals surface area contributed by atoms with Gasteiger partial charge in [0.15, 0.2) is 5.82 Å². The number of benzene rings is 1. The minimum absolute atomic E-state index is 0.0588. The second kappa shape index (κ2) is 5.37. The van der Waals surface area contributed by atoms with Crippen molar-refractivity contribution in [3.05, 3.63) is 47.3 Å². The Kier molecular flexibility index (Phi) is 3.41. The lowest BCUT2D eigenvalue weighted by molar-refractivity contribution is 0.0665. The minimum atomic E-state index is -1.07. The van der Waals surface area contributed by atoms with Crippen LogP contribution in [0.3, 0.4) is 0 Å². The van der Waals surface area contributed by atoms with E-state index in [9.17, 15) is 4.79 Å². The summed E-state index contributed by atoms with van der Waals surface area (Å²) in [7, 11) is 0. The van der Waals surface area contributed by atoms with Crippen LogP contribution in [0.4, 0.5) is 0 Å². The van der Waals surface area contributed by atoms with Gasteiger partial charge in [-0.2, -0.15) is 4.98 Å². The Hall–Kier alpha value is -2.67. The van der Waals surface area contributed by atoms with E-state index in [4.69, 9.17) is 14.0 Å². The van der Waals surface area contributed by atoms with E-state index in [1.807, 2.05) is 12.1 Å². The average Bonchev–Trinajstić information content (AvgIpc) is 3.04. The molecular formula is C14H13N3O4. The molecule has 0 saturated carbocycles. The van der Waals surface area contributed by atoms with E-state index in [1.54, 1.807) is 13.0 Å². The van der Waals surface area contributed by atoms with Gasteiger partial charge in [-0.1, -0.05) is 11.2 Å². The number of nitrogens with one attached hydrogen (secondary N) is 1. The molecule has 2 aromatic heterocycles. The second-order valence-corrected chi connectivity index (χ2v) is 4.63. The topological polar surface area (TPSA) is 101 Å². The Balaban J connectivity index is 1.68. The van der Waals surface area contributed by atoms with Gasteiger partial charge in [0, 0.05) is 11.9 Å². The third kappa shape index (κ3) is 2.92. The average molecular weight is 287 g/mol. The van der Waals surface area contributed by atoms with Gasteiger partial charge in [0.1, 0.15) is 5.58 Å². The summed E-state index contributed by atoms with van der Waals surface area (Å²) < 4.78 is 10.2. The second-order valence-electron chi connectivity index (χ2n) is 4.63. The highest BCUT2D eigenvalue weighted by atomic mass is 16.5. The third-order valence-corrected chi connectivity index (χ3v) is 2.97. The molecule has 0 aliphatic carbocycles. The maximum Gasteiger partial charge on any atom is 0.371 e. The normalized spacial score (nSPS) is 11.1. The molecule has 0 spiro atoms. The Morgan fingerprint density at radius 3 is 2.90 bits per heavy atom. The molecule has 0 aliphatic heterocycles. The third-order valence-electron chi connectivity index (χ3n) is 2.97. The number of carboxylic acids is 1. The van der Waals surface area contributed by atoms with Gasteiger partial charge in [0.25, 0.3) is 0 Å². The molecule has 0 radical (unpaired) electrons. The Labute approximate surface area is 119 Å². The largest absolute Gasteiger partial charge is 0.475 e. The Morgan fingerprint density at radius 1 is 1.33 bits per heavy atom. The highest BCUT2D eigenvalue weighted by Gasteiger charge is 2.10. The molecular weight excluding hydrogens is 274 g/mol. The van der Waals surface area contributed by atoms with Gasteiger partial charge in [0.05, 0.1) is 6.54 Å². The van der Waals surface area contributed by atoms with Crippen LogP contribution in [0.2, 0.25) is 0 Å². The van der Waals surface area contributed by atoms with E-state index >= 15 is 0 Å². The predicted octanol–water partition coefficient (Wildman–Crippen LogP) is 2.11. The van der Waals surface area contributed by atoms with E-state index in [1.165, 1.54) is 6.07 Å². The number of furan rings is 1. The lowest BCUT2D eigenvalue weighted by Crippen LogP contribution is -2.12. The summed E-state index contributed by atoms with van der Waals surface area (Å²) in [4.78, 5) is 15.0. The summed E-state index contributed by atoms with van der Waals surface area (Å²) in [6.45, 7) is 2.84. The van der Waals surface area contributed by atoms with E-state index < -0.39 is 5.97 Å². The number of hydrogen-bond donors (Lipinski definition) is 2. The van der Waals surface area contributed by atoms with E-state index in [2.05, 4.69) is 15.5 Å². The van der Waals surface area contributed by atoms with E-state index in [-0.39, 0.29) is 5.76 Å². The molecule has 2 heterocycles. The maximum atomic E-state index is 10.9. The van der Waals surface area contributed by atoms with Gasteiger partial charge < -0.3 is 19.4 Å². The van der Waals surface area contributed by atoms with Crippen LogP contribution < -0.4 is 5.32 Å². The van der Waals surface area contributed by atoms with Gasteiger partial charge in [-0.15, -0.1) is 0 Å². The van der Waals surface area contributed by atoms with Gasteiger partial charge in [-0.05, 0) is 30.7 Å². The monoisotopic (exact) mass is 287 g/mol. The number of fused-ring (bicyclic) bond motifs is 1. The number of rotatable bonds is 5. The van der Waals surface area contributed by atoms with Crippen LogP contribution in [0.25, 0.3) is 11.0 Å². The number of aryl methyl sites for hydroxylation is 1. The van der Waals surface area contributed by atoms with Crippen molar-refractivity contribution in [3.63, 3.8) is 0 Å². The quantitative estimate of drug-likeness (QED) is 0.741. The molecule has 7 nitrogen and oxygen atoms in total. The number of aromatic nitrogens is 2. The molecule has 108 valence electrons. The predicted molar refractivity (Wildman–Crippen MR) is 72.8 cm³/mol. The van der Waals surface area contributed by atoms with Crippen LogP contribution >= 0.6 is 0 Å². The first-order chi connectivity index (χ1) is 10.1. The lowest BCUT2D eigenvalue weighted by Gasteiger charge is -2.01. The lowest BCUT2D eigenvalue weighted by atomic mass is 10.1. The van der Waals surface area contributed by atoms with Crippen LogP contribution in [0.1, 0.15) is 27.8 Å². The van der Waals surface area contributed by atoms with Crippen molar-refractivity contribution in [1.29, 1.82) is 0 Å². The van der Waals surface area contributed by atoms with Gasteiger partial charge in [-0.3, -0.25) is 0 Å². The molecule has 0 fully saturated rings. The summed E-state index contributed by atoms with van der Waals surface area (Å²) in [5.41, 5.74) is 1.57. The first-order valence-corrected chi connectivity index (χ1v) is 6.37. The van der Waals surface area contributed by atoms with E-state index in [0.29, 0.717) is 30.4 Å². The van der Waals surface area contributed by atoms with Gasteiger partial charge in [-0.25, -0.2) is 4.79 Å². The van der Waals surface area contributed by atoms with Crippen molar-refractivity contribution < 1.29 is 18.8 Å². The van der Waals surface area contributed by atoms with Gasteiger partial charge >= 0.3 is 5.97 Å². The molecule has 3 rings (SSSR count). The Bertz CT molecular complexity index is 790. The van der Waals surface area contributed by atoms with Crippen molar-refractivity contribution in [1.82, 2.24) is 15.5 Å². The summed E-state index contributed by atoms with van der Waals surface area (Å²) in [5, 5.41) is 16.6. The molecule has 1 aromatic carbocycles. The molecule has 0 atom stereocenters. The number of hydrogen-bond acceptors (Lipinski definition) is 6. The number of carboxylic acid groups (broad SMARTS) is 1. The van der Waals surface area contributed by atoms with Crippen LogP contribution in [0.15, 0.2) is 33.2 Å². The highest BCUT2D eigenvalue weighted by molar-refractivity contribution is 5.91. The van der Waals surface area contributed by atoms with E-state index in [0.717, 1.165) is 10.9 Å². The molecule has 0 bridgehead atoms.